The van der Waals surface area contributed by atoms with Crippen molar-refractivity contribution in [3.63, 3.8) is 0 Å². The summed E-state index contributed by atoms with van der Waals surface area (Å²) in [7, 11) is 0. The normalized spacial score (nSPS) is 10.4. The fraction of sp³-hybridized carbons (Fsp3) is 0. The second-order valence-corrected chi connectivity index (χ2v) is 5.26. The van der Waals surface area contributed by atoms with Crippen LogP contribution in [0.25, 0.3) is 21.9 Å². The maximum absolute atomic E-state index is 10.9. The van der Waals surface area contributed by atoms with Gasteiger partial charge in [-0.2, -0.15) is 0 Å². The van der Waals surface area contributed by atoms with Crippen molar-refractivity contribution in [1.82, 2.24) is 0 Å². The average Bonchev–Trinajstić information content (AvgIpc) is 2.55. The van der Waals surface area contributed by atoms with Crippen LogP contribution in [0, 0.1) is 0 Å². The Labute approximate surface area is 140 Å². The van der Waals surface area contributed by atoms with E-state index in [1.165, 1.54) is 6.07 Å². The lowest BCUT2D eigenvalue weighted by molar-refractivity contribution is 0.468. The minimum absolute atomic E-state index is 0.0400. The Hall–Kier alpha value is -3.05. The zero-order valence-electron chi connectivity index (χ0n) is 12.2. The van der Waals surface area contributed by atoms with Crippen LogP contribution >= 0.6 is 11.6 Å². The van der Waals surface area contributed by atoms with Crippen molar-refractivity contribution in [2.75, 3.05) is 0 Å². The first kappa shape index (κ1) is 15.8. The molecule has 6 heteroatoms. The van der Waals surface area contributed by atoms with Crippen LogP contribution in [0.3, 0.4) is 0 Å². The topological polar surface area (TPSA) is 80.7 Å². The van der Waals surface area contributed by atoms with Crippen LogP contribution in [0.15, 0.2) is 79.1 Å². The molecule has 0 radical (unpaired) electrons. The number of benzene rings is 2. The van der Waals surface area contributed by atoms with E-state index in [1.54, 1.807) is 42.5 Å². The Kier molecular flexibility index (Phi) is 4.35. The number of rotatable bonds is 0. The molecule has 4 aromatic rings. The fourth-order valence-electron chi connectivity index (χ4n) is 2.17. The van der Waals surface area contributed by atoms with Crippen LogP contribution in [0.5, 0.6) is 5.75 Å². The number of aromatic hydroxyl groups is 1. The third-order valence-corrected chi connectivity index (χ3v) is 3.54. The van der Waals surface area contributed by atoms with Crippen molar-refractivity contribution in [1.29, 1.82) is 0 Å². The summed E-state index contributed by atoms with van der Waals surface area (Å²) >= 11 is 5.80. The van der Waals surface area contributed by atoms with Crippen molar-refractivity contribution in [3.05, 3.63) is 86.5 Å². The highest BCUT2D eigenvalue weighted by atomic mass is 35.5. The van der Waals surface area contributed by atoms with Gasteiger partial charge in [-0.25, -0.2) is 9.59 Å². The molecule has 0 bridgehead atoms. The molecule has 0 aliphatic carbocycles. The minimum Gasteiger partial charge on any atom is -0.507 e. The summed E-state index contributed by atoms with van der Waals surface area (Å²) in [6.07, 6.45) is 0. The zero-order valence-corrected chi connectivity index (χ0v) is 13.0. The minimum atomic E-state index is -0.536. The molecular weight excluding hydrogens is 332 g/mol. The Morgan fingerprint density at radius 1 is 0.750 bits per heavy atom. The maximum atomic E-state index is 10.9. The molecule has 4 rings (SSSR count). The third kappa shape index (κ3) is 3.31. The molecule has 0 unspecified atom stereocenters. The Bertz CT molecular complexity index is 1040. The first-order valence-electron chi connectivity index (χ1n) is 6.95. The molecule has 120 valence electrons. The van der Waals surface area contributed by atoms with Crippen molar-refractivity contribution in [2.24, 2.45) is 0 Å². The van der Waals surface area contributed by atoms with E-state index < -0.39 is 11.3 Å². The van der Waals surface area contributed by atoms with Gasteiger partial charge in [0.25, 0.3) is 0 Å². The van der Waals surface area contributed by atoms with E-state index >= 15 is 0 Å². The molecule has 0 atom stereocenters. The molecule has 2 aromatic heterocycles. The van der Waals surface area contributed by atoms with Crippen LogP contribution in [0.4, 0.5) is 0 Å². The highest BCUT2D eigenvalue weighted by molar-refractivity contribution is 6.35. The molecule has 1 N–H and O–H groups in total. The number of hydrogen-bond acceptors (Lipinski definition) is 5. The summed E-state index contributed by atoms with van der Waals surface area (Å²) in [5.74, 6) is -0.0400. The lowest BCUT2D eigenvalue weighted by Crippen LogP contribution is -1.95. The number of halogens is 1. The lowest BCUT2D eigenvalue weighted by Gasteiger charge is -1.96. The molecule has 0 amide bonds. The number of para-hydroxylation sites is 2. The van der Waals surface area contributed by atoms with Crippen LogP contribution in [0.2, 0.25) is 5.02 Å². The van der Waals surface area contributed by atoms with E-state index in [0.29, 0.717) is 21.6 Å². The van der Waals surface area contributed by atoms with Crippen molar-refractivity contribution < 1.29 is 13.9 Å². The third-order valence-electron chi connectivity index (χ3n) is 3.23. The van der Waals surface area contributed by atoms with E-state index in [-0.39, 0.29) is 5.75 Å². The van der Waals surface area contributed by atoms with Gasteiger partial charge >= 0.3 is 11.3 Å². The second-order valence-electron chi connectivity index (χ2n) is 4.86. The largest absolute Gasteiger partial charge is 0.507 e. The maximum Gasteiger partial charge on any atom is 0.339 e. The lowest BCUT2D eigenvalue weighted by atomic mass is 10.2. The molecule has 5 nitrogen and oxygen atoms in total. The molecule has 2 aromatic carbocycles. The Morgan fingerprint density at radius 3 is 1.92 bits per heavy atom. The van der Waals surface area contributed by atoms with Gasteiger partial charge < -0.3 is 13.9 Å². The van der Waals surface area contributed by atoms with Crippen LogP contribution < -0.4 is 11.3 Å². The molecule has 2 heterocycles. The summed E-state index contributed by atoms with van der Waals surface area (Å²) in [5, 5.41) is 11.0. The predicted octanol–water partition coefficient (Wildman–Crippen LogP) is 3.95. The summed E-state index contributed by atoms with van der Waals surface area (Å²) in [5.41, 5.74) is -0.0256. The van der Waals surface area contributed by atoms with E-state index in [0.717, 1.165) is 11.5 Å². The molecule has 0 aliphatic heterocycles. The van der Waals surface area contributed by atoms with Gasteiger partial charge in [-0.1, -0.05) is 35.9 Å². The summed E-state index contributed by atoms with van der Waals surface area (Å²) in [6, 6.07) is 16.3. The highest BCUT2D eigenvalue weighted by Crippen LogP contribution is 2.21. The highest BCUT2D eigenvalue weighted by Gasteiger charge is 2.01. The predicted molar refractivity (Wildman–Crippen MR) is 91.6 cm³/mol. The van der Waals surface area contributed by atoms with Gasteiger partial charge in [-0.05, 0) is 24.3 Å². The fourth-order valence-corrected chi connectivity index (χ4v) is 2.41. The summed E-state index contributed by atoms with van der Waals surface area (Å²) in [6.45, 7) is 0. The standard InChI is InChI=1S/C9H5ClO2.C9H6O3/c2*10-7-5-9(11)12-8-4-2-1-3-6(7)8/h1-5H;1-5,10H. The monoisotopic (exact) mass is 342 g/mol. The summed E-state index contributed by atoms with van der Waals surface area (Å²) in [4.78, 5) is 21.6. The SMILES string of the molecule is O=c1cc(Cl)c2ccccc2o1.O=c1cc(O)c2ccccc2o1. The molecule has 24 heavy (non-hydrogen) atoms. The quantitative estimate of drug-likeness (QED) is 0.489. The Morgan fingerprint density at radius 2 is 1.25 bits per heavy atom. The smallest absolute Gasteiger partial charge is 0.339 e. The second kappa shape index (κ2) is 6.60. The van der Waals surface area contributed by atoms with Crippen molar-refractivity contribution >= 4 is 33.5 Å². The first-order valence-corrected chi connectivity index (χ1v) is 7.32. The van der Waals surface area contributed by atoms with Crippen molar-refractivity contribution in [3.8, 4) is 5.75 Å². The van der Waals surface area contributed by atoms with Crippen LogP contribution in [0.1, 0.15) is 0 Å². The van der Waals surface area contributed by atoms with Gasteiger partial charge in [0.05, 0.1) is 16.5 Å². The van der Waals surface area contributed by atoms with Gasteiger partial charge in [-0.3, -0.25) is 0 Å². The van der Waals surface area contributed by atoms with Gasteiger partial charge in [0.15, 0.2) is 0 Å². The zero-order chi connectivity index (χ0) is 17.1. The number of fused-ring (bicyclic) bond motifs is 2. The summed E-state index contributed by atoms with van der Waals surface area (Å²) < 4.78 is 9.73. The molecule has 0 aliphatic rings. The van der Waals surface area contributed by atoms with E-state index in [4.69, 9.17) is 20.4 Å². The van der Waals surface area contributed by atoms with E-state index in [9.17, 15) is 14.7 Å². The van der Waals surface area contributed by atoms with Crippen LogP contribution in [-0.4, -0.2) is 5.11 Å². The molecule has 0 saturated carbocycles. The molecule has 0 fully saturated rings. The van der Waals surface area contributed by atoms with Gasteiger partial charge in [0.1, 0.15) is 16.9 Å². The van der Waals surface area contributed by atoms with Gasteiger partial charge in [-0.15, -0.1) is 0 Å². The van der Waals surface area contributed by atoms with E-state index in [2.05, 4.69) is 0 Å². The van der Waals surface area contributed by atoms with Gasteiger partial charge in [0.2, 0.25) is 0 Å². The van der Waals surface area contributed by atoms with Gasteiger partial charge in [0, 0.05) is 11.5 Å². The van der Waals surface area contributed by atoms with E-state index in [1.807, 2.05) is 6.07 Å². The van der Waals surface area contributed by atoms with Crippen molar-refractivity contribution in [2.45, 2.75) is 0 Å². The molecule has 0 saturated heterocycles. The molecular formula is C18H11ClO5. The van der Waals surface area contributed by atoms with Crippen LogP contribution in [-0.2, 0) is 0 Å². The number of hydrogen-bond donors (Lipinski definition) is 1. The first-order chi connectivity index (χ1) is 11.5. The molecule has 0 spiro atoms. The average molecular weight is 343 g/mol. The Balaban J connectivity index is 0.000000141.